The van der Waals surface area contributed by atoms with Crippen molar-refractivity contribution < 1.29 is 19.1 Å². The summed E-state index contributed by atoms with van der Waals surface area (Å²) in [6.07, 6.45) is 1.86. The van der Waals surface area contributed by atoms with Gasteiger partial charge in [0.25, 0.3) is 0 Å². The van der Waals surface area contributed by atoms with Crippen LogP contribution in [0.5, 0.6) is 0 Å². The van der Waals surface area contributed by atoms with Crippen LogP contribution in [0.1, 0.15) is 17.0 Å². The second-order valence-corrected chi connectivity index (χ2v) is 2.19. The number of aliphatic hydroxyl groups excluding tert-OH is 1. The summed E-state index contributed by atoms with van der Waals surface area (Å²) in [7, 11) is 0. The summed E-state index contributed by atoms with van der Waals surface area (Å²) in [6, 6.07) is 3.14. The number of carbonyl (C=O) groups excluding carboxylic acids is 1. The molecule has 4 nitrogen and oxygen atoms in total. The molecule has 0 aliphatic rings. The Bertz CT molecular complexity index is 227. The number of ether oxygens (including phenoxy) is 1. The van der Waals surface area contributed by atoms with E-state index in [2.05, 4.69) is 0 Å². The summed E-state index contributed by atoms with van der Waals surface area (Å²) in [5.74, 6) is -0.304. The Labute approximate surface area is 69.8 Å². The van der Waals surface area contributed by atoms with Crippen molar-refractivity contribution in [2.45, 2.75) is 6.42 Å². The van der Waals surface area contributed by atoms with E-state index in [9.17, 15) is 4.79 Å². The molecule has 0 aliphatic heterocycles. The second-order valence-electron chi connectivity index (χ2n) is 2.19. The highest BCUT2D eigenvalue weighted by Crippen LogP contribution is 2.02. The van der Waals surface area contributed by atoms with E-state index in [1.807, 2.05) is 0 Å². The van der Waals surface area contributed by atoms with Gasteiger partial charge in [-0.25, -0.2) is 4.79 Å². The zero-order chi connectivity index (χ0) is 8.81. The molecule has 0 saturated heterocycles. The van der Waals surface area contributed by atoms with Gasteiger partial charge in [0.1, 0.15) is 0 Å². The van der Waals surface area contributed by atoms with Crippen molar-refractivity contribution in [3.05, 3.63) is 24.2 Å². The minimum Gasteiger partial charge on any atom is -0.460 e. The van der Waals surface area contributed by atoms with Gasteiger partial charge in [-0.1, -0.05) is 0 Å². The van der Waals surface area contributed by atoms with Crippen molar-refractivity contribution >= 4 is 5.97 Å². The predicted octanol–water partition coefficient (Wildman–Crippen LogP) is 0.819. The number of carbonyl (C=O) groups is 1. The van der Waals surface area contributed by atoms with Crippen molar-refractivity contribution in [2.24, 2.45) is 0 Å². The number of hydrogen-bond donors (Lipinski definition) is 1. The standard InChI is InChI=1S/C8H10O4/c9-4-2-6-12-8(10)7-3-1-5-11-7/h1,3,5,9H,2,4,6H2. The summed E-state index contributed by atoms with van der Waals surface area (Å²) >= 11 is 0. The van der Waals surface area contributed by atoms with Crippen LogP contribution in [0.3, 0.4) is 0 Å². The summed E-state index contributed by atoms with van der Waals surface area (Å²) in [5, 5.41) is 8.39. The Morgan fingerprint density at radius 2 is 2.50 bits per heavy atom. The molecule has 0 atom stereocenters. The predicted molar refractivity (Wildman–Crippen MR) is 40.7 cm³/mol. The number of hydrogen-bond acceptors (Lipinski definition) is 4. The van der Waals surface area contributed by atoms with Crippen LogP contribution in [-0.2, 0) is 4.74 Å². The normalized spacial score (nSPS) is 9.75. The highest BCUT2D eigenvalue weighted by atomic mass is 16.5. The van der Waals surface area contributed by atoms with E-state index in [0.29, 0.717) is 6.42 Å². The van der Waals surface area contributed by atoms with Gasteiger partial charge in [0.15, 0.2) is 0 Å². The van der Waals surface area contributed by atoms with Crippen LogP contribution in [0.2, 0.25) is 0 Å². The average molecular weight is 170 g/mol. The van der Waals surface area contributed by atoms with Gasteiger partial charge in [0.2, 0.25) is 5.76 Å². The van der Waals surface area contributed by atoms with Crippen LogP contribution in [0.25, 0.3) is 0 Å². The van der Waals surface area contributed by atoms with Crippen LogP contribution < -0.4 is 0 Å². The van der Waals surface area contributed by atoms with Gasteiger partial charge < -0.3 is 14.3 Å². The van der Waals surface area contributed by atoms with Gasteiger partial charge in [-0.3, -0.25) is 0 Å². The van der Waals surface area contributed by atoms with E-state index >= 15 is 0 Å². The minimum atomic E-state index is -0.492. The first kappa shape index (κ1) is 8.80. The molecule has 0 saturated carbocycles. The SMILES string of the molecule is O=C(OCCCO)c1ccco1. The van der Waals surface area contributed by atoms with E-state index in [1.165, 1.54) is 12.3 Å². The lowest BCUT2D eigenvalue weighted by Gasteiger charge is -1.99. The van der Waals surface area contributed by atoms with E-state index in [-0.39, 0.29) is 19.0 Å². The fourth-order valence-electron chi connectivity index (χ4n) is 0.695. The molecule has 0 aromatic carbocycles. The fraction of sp³-hybridized carbons (Fsp3) is 0.375. The molecule has 1 N–H and O–H groups in total. The molecule has 0 unspecified atom stereocenters. The number of aliphatic hydroxyl groups is 1. The Kier molecular flexibility index (Phi) is 3.35. The van der Waals surface area contributed by atoms with Crippen LogP contribution in [0.4, 0.5) is 0 Å². The molecule has 1 aromatic rings. The molecule has 0 aliphatic carbocycles. The Morgan fingerprint density at radius 1 is 1.67 bits per heavy atom. The van der Waals surface area contributed by atoms with Gasteiger partial charge in [0.05, 0.1) is 12.9 Å². The third kappa shape index (κ3) is 2.39. The van der Waals surface area contributed by atoms with Gasteiger partial charge in [0, 0.05) is 13.0 Å². The van der Waals surface area contributed by atoms with Crippen LogP contribution >= 0.6 is 0 Å². The summed E-state index contributed by atoms with van der Waals surface area (Å²) in [4.78, 5) is 11.0. The maximum atomic E-state index is 11.0. The smallest absolute Gasteiger partial charge is 0.374 e. The largest absolute Gasteiger partial charge is 0.460 e. The molecule has 0 fully saturated rings. The van der Waals surface area contributed by atoms with Crippen molar-refractivity contribution in [3.8, 4) is 0 Å². The first-order valence-electron chi connectivity index (χ1n) is 3.66. The van der Waals surface area contributed by atoms with Gasteiger partial charge in [-0.15, -0.1) is 0 Å². The highest BCUT2D eigenvalue weighted by Gasteiger charge is 2.08. The molecule has 1 heterocycles. The van der Waals surface area contributed by atoms with E-state index in [4.69, 9.17) is 14.3 Å². The summed E-state index contributed by atoms with van der Waals surface area (Å²) in [5.41, 5.74) is 0. The van der Waals surface area contributed by atoms with E-state index < -0.39 is 5.97 Å². The molecule has 12 heavy (non-hydrogen) atoms. The molecule has 1 rings (SSSR count). The number of furan rings is 1. The van der Waals surface area contributed by atoms with Crippen molar-refractivity contribution in [1.82, 2.24) is 0 Å². The molecular weight excluding hydrogens is 160 g/mol. The van der Waals surface area contributed by atoms with Crippen molar-refractivity contribution in [3.63, 3.8) is 0 Å². The fourth-order valence-corrected chi connectivity index (χ4v) is 0.695. The molecule has 0 spiro atoms. The molecule has 0 radical (unpaired) electrons. The second kappa shape index (κ2) is 4.56. The maximum Gasteiger partial charge on any atom is 0.374 e. The lowest BCUT2D eigenvalue weighted by atomic mass is 10.4. The Morgan fingerprint density at radius 3 is 3.08 bits per heavy atom. The lowest BCUT2D eigenvalue weighted by molar-refractivity contribution is 0.0446. The molecule has 1 aromatic heterocycles. The van der Waals surface area contributed by atoms with Crippen LogP contribution in [0, 0.1) is 0 Å². The molecule has 4 heteroatoms. The monoisotopic (exact) mass is 170 g/mol. The van der Waals surface area contributed by atoms with Crippen molar-refractivity contribution in [1.29, 1.82) is 0 Å². The van der Waals surface area contributed by atoms with Crippen molar-refractivity contribution in [2.75, 3.05) is 13.2 Å². The van der Waals surface area contributed by atoms with Gasteiger partial charge >= 0.3 is 5.97 Å². The average Bonchev–Trinajstić information content (AvgIpc) is 2.56. The van der Waals surface area contributed by atoms with Crippen LogP contribution in [-0.4, -0.2) is 24.3 Å². The third-order valence-corrected chi connectivity index (χ3v) is 1.26. The zero-order valence-electron chi connectivity index (χ0n) is 6.53. The van der Waals surface area contributed by atoms with Gasteiger partial charge in [-0.2, -0.15) is 0 Å². The number of rotatable bonds is 4. The quantitative estimate of drug-likeness (QED) is 0.536. The zero-order valence-corrected chi connectivity index (χ0v) is 6.53. The Hall–Kier alpha value is -1.29. The van der Waals surface area contributed by atoms with E-state index in [1.54, 1.807) is 6.07 Å². The van der Waals surface area contributed by atoms with Gasteiger partial charge in [-0.05, 0) is 12.1 Å². The third-order valence-electron chi connectivity index (χ3n) is 1.26. The molecular formula is C8H10O4. The first-order valence-corrected chi connectivity index (χ1v) is 3.66. The first-order chi connectivity index (χ1) is 5.84. The molecule has 0 amide bonds. The maximum absolute atomic E-state index is 11.0. The van der Waals surface area contributed by atoms with Crippen LogP contribution in [0.15, 0.2) is 22.8 Å². The van der Waals surface area contributed by atoms with E-state index in [0.717, 1.165) is 0 Å². The minimum absolute atomic E-state index is 0.0193. The Balaban J connectivity index is 2.30. The molecule has 66 valence electrons. The topological polar surface area (TPSA) is 59.7 Å². The highest BCUT2D eigenvalue weighted by molar-refractivity contribution is 5.86. The summed E-state index contributed by atoms with van der Waals surface area (Å²) < 4.78 is 9.52. The molecule has 0 bridgehead atoms. The lowest BCUT2D eigenvalue weighted by Crippen LogP contribution is -2.06. The summed E-state index contributed by atoms with van der Waals surface area (Å²) in [6.45, 7) is 0.238. The number of esters is 1.